The number of carbonyl (C=O) groups excluding carboxylic acids is 1. The van der Waals surface area contributed by atoms with Crippen molar-refractivity contribution in [2.24, 2.45) is 0 Å². The molecule has 0 saturated carbocycles. The van der Waals surface area contributed by atoms with Crippen molar-refractivity contribution in [3.05, 3.63) is 41.5 Å². The molecule has 0 bridgehead atoms. The highest BCUT2D eigenvalue weighted by molar-refractivity contribution is 5.75. The highest BCUT2D eigenvalue weighted by Gasteiger charge is 2.37. The van der Waals surface area contributed by atoms with Gasteiger partial charge < -0.3 is 4.74 Å². The van der Waals surface area contributed by atoms with Gasteiger partial charge in [-0.25, -0.2) is 0 Å². The van der Waals surface area contributed by atoms with Crippen molar-refractivity contribution < 1.29 is 35.9 Å². The Balaban J connectivity index is 3.38. The Hall–Kier alpha value is -1.99. The predicted octanol–water partition coefficient (Wildman–Crippen LogP) is 4.26. The van der Waals surface area contributed by atoms with Crippen LogP contribution in [0.5, 0.6) is 0 Å². The fourth-order valence-corrected chi connectivity index (χ4v) is 1.35. The van der Waals surface area contributed by atoms with Crippen LogP contribution in [0, 0.1) is 0 Å². The van der Waals surface area contributed by atoms with E-state index in [1.165, 1.54) is 0 Å². The van der Waals surface area contributed by atoms with E-state index in [1.807, 2.05) is 0 Å². The molecule has 0 aliphatic rings. The molecule has 0 heterocycles. The van der Waals surface area contributed by atoms with Gasteiger partial charge in [0.05, 0.1) is 11.1 Å². The summed E-state index contributed by atoms with van der Waals surface area (Å²) in [6.07, 6.45) is -9.93. The number of hydrogen-bond acceptors (Lipinski definition) is 2. The number of carbonyl (C=O) groups is 1. The van der Waals surface area contributed by atoms with E-state index in [0.717, 1.165) is 6.92 Å². The maximum Gasteiger partial charge on any atom is 0.416 e. The third-order valence-corrected chi connectivity index (χ3v) is 2.18. The van der Waals surface area contributed by atoms with Crippen LogP contribution in [-0.2, 0) is 21.9 Å². The zero-order valence-electron chi connectivity index (χ0n) is 10.0. The van der Waals surface area contributed by atoms with Crippen LogP contribution in [0.1, 0.15) is 23.6 Å². The molecule has 0 atom stereocenters. The molecule has 2 nitrogen and oxygen atoms in total. The van der Waals surface area contributed by atoms with E-state index < -0.39 is 40.8 Å². The Kier molecular flexibility index (Phi) is 4.16. The Morgan fingerprint density at radius 1 is 1.00 bits per heavy atom. The number of alkyl halides is 6. The van der Waals surface area contributed by atoms with Crippen molar-refractivity contribution in [1.29, 1.82) is 0 Å². The molecule has 0 saturated heterocycles. The van der Waals surface area contributed by atoms with Gasteiger partial charge >= 0.3 is 18.3 Å². The Bertz CT molecular complexity index is 510. The molecule has 0 amide bonds. The lowest BCUT2D eigenvalue weighted by atomic mass is 10.0. The Labute approximate surface area is 109 Å². The smallest absolute Gasteiger partial charge is 0.416 e. The molecule has 0 unspecified atom stereocenters. The van der Waals surface area contributed by atoms with Gasteiger partial charge in [0, 0.05) is 12.5 Å². The first-order valence-electron chi connectivity index (χ1n) is 5.08. The molecule has 20 heavy (non-hydrogen) atoms. The zero-order chi connectivity index (χ0) is 15.7. The van der Waals surface area contributed by atoms with Crippen LogP contribution in [0.3, 0.4) is 0 Å². The lowest BCUT2D eigenvalue weighted by molar-refractivity contribution is -0.143. The van der Waals surface area contributed by atoms with Gasteiger partial charge in [-0.2, -0.15) is 26.3 Å². The average molecular weight is 298 g/mol. The van der Waals surface area contributed by atoms with Gasteiger partial charge in [0.2, 0.25) is 0 Å². The zero-order valence-corrected chi connectivity index (χ0v) is 10.0. The minimum atomic E-state index is -4.97. The molecule has 0 N–H and O–H groups in total. The predicted molar refractivity (Wildman–Crippen MR) is 57.2 cm³/mol. The van der Waals surface area contributed by atoms with Crippen molar-refractivity contribution >= 4 is 11.7 Å². The second kappa shape index (κ2) is 5.18. The summed E-state index contributed by atoms with van der Waals surface area (Å²) in [5, 5.41) is 0. The Morgan fingerprint density at radius 3 is 1.70 bits per heavy atom. The van der Waals surface area contributed by atoms with Gasteiger partial charge in [-0.3, -0.25) is 4.79 Å². The van der Waals surface area contributed by atoms with E-state index >= 15 is 0 Å². The number of rotatable bonds is 2. The molecule has 1 rings (SSSR count). The molecule has 0 spiro atoms. The van der Waals surface area contributed by atoms with E-state index in [4.69, 9.17) is 0 Å². The standard InChI is InChI=1S/C12H8F6O2/c1-6(20-7(2)19)8-3-9(11(13,14)15)5-10(4-8)12(16,17)18/h3-5H,1H2,2H3. The molecule has 0 aliphatic heterocycles. The molecule has 0 fully saturated rings. The average Bonchev–Trinajstić information content (AvgIpc) is 2.25. The number of esters is 1. The van der Waals surface area contributed by atoms with Crippen molar-refractivity contribution in [3.63, 3.8) is 0 Å². The maximum atomic E-state index is 12.6. The van der Waals surface area contributed by atoms with E-state index in [9.17, 15) is 31.1 Å². The third kappa shape index (κ3) is 4.01. The number of benzene rings is 1. The molecular weight excluding hydrogens is 290 g/mol. The summed E-state index contributed by atoms with van der Waals surface area (Å²) in [7, 11) is 0. The van der Waals surface area contributed by atoms with Crippen LogP contribution < -0.4 is 0 Å². The number of ether oxygens (including phenoxy) is 1. The van der Waals surface area contributed by atoms with Gasteiger partial charge in [-0.1, -0.05) is 6.58 Å². The number of hydrogen-bond donors (Lipinski definition) is 0. The minimum absolute atomic E-state index is 0.0233. The lowest BCUT2D eigenvalue weighted by Crippen LogP contribution is -2.12. The van der Waals surface area contributed by atoms with Crippen molar-refractivity contribution in [2.75, 3.05) is 0 Å². The molecule has 0 radical (unpaired) electrons. The van der Waals surface area contributed by atoms with Gasteiger partial charge in [-0.05, 0) is 18.2 Å². The fourth-order valence-electron chi connectivity index (χ4n) is 1.35. The SMILES string of the molecule is C=C(OC(C)=O)c1cc(C(F)(F)F)cc(C(F)(F)F)c1. The van der Waals surface area contributed by atoms with Crippen molar-refractivity contribution in [1.82, 2.24) is 0 Å². The molecule has 110 valence electrons. The van der Waals surface area contributed by atoms with Gasteiger partial charge in [0.1, 0.15) is 5.76 Å². The summed E-state index contributed by atoms with van der Waals surface area (Å²) < 4.78 is 79.7. The second-order valence-corrected chi connectivity index (χ2v) is 3.81. The summed E-state index contributed by atoms with van der Waals surface area (Å²) in [6, 6.07) is 0.839. The van der Waals surface area contributed by atoms with Crippen LogP contribution in [0.4, 0.5) is 26.3 Å². The van der Waals surface area contributed by atoms with Gasteiger partial charge in [0.15, 0.2) is 0 Å². The largest absolute Gasteiger partial charge is 0.427 e. The molecular formula is C12H8F6O2. The van der Waals surface area contributed by atoms with E-state index in [-0.39, 0.29) is 6.07 Å². The minimum Gasteiger partial charge on any atom is -0.427 e. The lowest BCUT2D eigenvalue weighted by Gasteiger charge is -2.14. The van der Waals surface area contributed by atoms with Crippen LogP contribution in [0.25, 0.3) is 5.76 Å². The molecule has 0 aromatic heterocycles. The summed E-state index contributed by atoms with van der Waals surface area (Å²) in [5.41, 5.74) is -3.58. The van der Waals surface area contributed by atoms with Crippen molar-refractivity contribution in [2.45, 2.75) is 19.3 Å². The quantitative estimate of drug-likeness (QED) is 0.463. The van der Waals surface area contributed by atoms with E-state index in [0.29, 0.717) is 12.1 Å². The fraction of sp³-hybridized carbons (Fsp3) is 0.250. The Morgan fingerprint density at radius 2 is 1.40 bits per heavy atom. The summed E-state index contributed by atoms with van der Waals surface area (Å²) in [4.78, 5) is 10.7. The molecule has 8 heteroatoms. The molecule has 0 aliphatic carbocycles. The first-order chi connectivity index (χ1) is 8.91. The molecule has 1 aromatic rings. The first-order valence-corrected chi connectivity index (χ1v) is 5.08. The van der Waals surface area contributed by atoms with Crippen molar-refractivity contribution in [3.8, 4) is 0 Å². The second-order valence-electron chi connectivity index (χ2n) is 3.81. The van der Waals surface area contributed by atoms with Gasteiger partial charge in [0.25, 0.3) is 0 Å². The van der Waals surface area contributed by atoms with E-state index in [1.54, 1.807) is 0 Å². The highest BCUT2D eigenvalue weighted by atomic mass is 19.4. The van der Waals surface area contributed by atoms with Crippen LogP contribution in [0.15, 0.2) is 24.8 Å². The third-order valence-electron chi connectivity index (χ3n) is 2.18. The van der Waals surface area contributed by atoms with Crippen LogP contribution >= 0.6 is 0 Å². The normalized spacial score (nSPS) is 12.2. The highest BCUT2D eigenvalue weighted by Crippen LogP contribution is 2.37. The summed E-state index contributed by atoms with van der Waals surface area (Å²) >= 11 is 0. The summed E-state index contributed by atoms with van der Waals surface area (Å²) in [6.45, 7) is 4.08. The first kappa shape index (κ1) is 16.1. The van der Waals surface area contributed by atoms with Crippen LogP contribution in [0.2, 0.25) is 0 Å². The van der Waals surface area contributed by atoms with Gasteiger partial charge in [-0.15, -0.1) is 0 Å². The number of halogens is 6. The monoisotopic (exact) mass is 298 g/mol. The van der Waals surface area contributed by atoms with E-state index in [2.05, 4.69) is 11.3 Å². The maximum absolute atomic E-state index is 12.6. The summed E-state index contributed by atoms with van der Waals surface area (Å²) in [5.74, 6) is -1.49. The van der Waals surface area contributed by atoms with Crippen LogP contribution in [-0.4, -0.2) is 5.97 Å². The molecule has 1 aromatic carbocycles. The topological polar surface area (TPSA) is 26.3 Å².